The first kappa shape index (κ1) is 9.05. The molecule has 0 spiro atoms. The summed E-state index contributed by atoms with van der Waals surface area (Å²) < 4.78 is 0. The van der Waals surface area contributed by atoms with E-state index in [1.165, 1.54) is 51.4 Å². The lowest BCUT2D eigenvalue weighted by molar-refractivity contribution is 0.511. The average Bonchev–Trinajstić information content (AvgIpc) is 2.33. The van der Waals surface area contributed by atoms with E-state index in [0.29, 0.717) is 0 Å². The Morgan fingerprint density at radius 1 is 1.00 bits per heavy atom. The minimum Gasteiger partial charge on any atom is -0.0851 e. The second-order valence-electron chi connectivity index (χ2n) is 4.42. The van der Waals surface area contributed by atoms with Gasteiger partial charge in [-0.15, -0.1) is 0 Å². The molecular weight excluding hydrogens is 156 g/mol. The van der Waals surface area contributed by atoms with Gasteiger partial charge in [0.25, 0.3) is 0 Å². The van der Waals surface area contributed by atoms with Gasteiger partial charge in [-0.25, -0.2) is 0 Å². The number of hydrogen-bond acceptors (Lipinski definition) is 0. The summed E-state index contributed by atoms with van der Waals surface area (Å²) in [6.07, 6.45) is 18.4. The van der Waals surface area contributed by atoms with E-state index in [2.05, 4.69) is 18.2 Å². The third-order valence-electron chi connectivity index (χ3n) is 3.35. The lowest BCUT2D eigenvalue weighted by Crippen LogP contribution is -1.95. The van der Waals surface area contributed by atoms with Crippen LogP contribution in [0.25, 0.3) is 0 Å². The topological polar surface area (TPSA) is 0 Å². The summed E-state index contributed by atoms with van der Waals surface area (Å²) in [5, 5.41) is 0. The molecule has 0 aromatic carbocycles. The maximum absolute atomic E-state index is 2.46. The van der Waals surface area contributed by atoms with E-state index in [1.54, 1.807) is 5.57 Å². The molecule has 72 valence electrons. The first-order valence-electron chi connectivity index (χ1n) is 5.80. The number of allylic oxidation sites excluding steroid dienone is 4. The SMILES string of the molecule is C1=CC2CCCCC(=CC1)CCC2. The van der Waals surface area contributed by atoms with Crippen LogP contribution in [0.4, 0.5) is 0 Å². The first-order valence-corrected chi connectivity index (χ1v) is 5.80. The van der Waals surface area contributed by atoms with Crippen LogP contribution in [0.1, 0.15) is 51.4 Å². The summed E-state index contributed by atoms with van der Waals surface area (Å²) in [7, 11) is 0. The molecule has 0 N–H and O–H groups in total. The molecule has 0 nitrogen and oxygen atoms in total. The summed E-state index contributed by atoms with van der Waals surface area (Å²) in [6, 6.07) is 0. The van der Waals surface area contributed by atoms with Crippen LogP contribution in [0.5, 0.6) is 0 Å². The van der Waals surface area contributed by atoms with Crippen molar-refractivity contribution in [1.82, 2.24) is 0 Å². The van der Waals surface area contributed by atoms with Gasteiger partial charge < -0.3 is 0 Å². The van der Waals surface area contributed by atoms with E-state index in [-0.39, 0.29) is 0 Å². The molecule has 2 rings (SSSR count). The molecule has 0 aromatic rings. The highest BCUT2D eigenvalue weighted by Crippen LogP contribution is 2.27. The summed E-state index contributed by atoms with van der Waals surface area (Å²) in [5.74, 6) is 0.894. The quantitative estimate of drug-likeness (QED) is 0.484. The largest absolute Gasteiger partial charge is 0.0851 e. The monoisotopic (exact) mass is 176 g/mol. The lowest BCUT2D eigenvalue weighted by Gasteiger charge is -2.09. The molecule has 1 fully saturated rings. The zero-order valence-corrected chi connectivity index (χ0v) is 8.47. The molecule has 13 heavy (non-hydrogen) atoms. The third-order valence-corrected chi connectivity index (χ3v) is 3.35. The first-order chi connectivity index (χ1) is 6.45. The maximum atomic E-state index is 2.46. The van der Waals surface area contributed by atoms with Crippen LogP contribution in [-0.2, 0) is 0 Å². The van der Waals surface area contributed by atoms with Gasteiger partial charge in [-0.05, 0) is 50.9 Å². The Labute approximate surface area is 81.7 Å². The van der Waals surface area contributed by atoms with E-state index in [9.17, 15) is 0 Å². The molecular formula is C13H20. The molecule has 1 unspecified atom stereocenters. The van der Waals surface area contributed by atoms with Crippen molar-refractivity contribution in [3.8, 4) is 0 Å². The van der Waals surface area contributed by atoms with Crippen molar-refractivity contribution in [3.05, 3.63) is 23.8 Å². The molecule has 2 aliphatic carbocycles. The highest BCUT2D eigenvalue weighted by molar-refractivity contribution is 5.08. The molecule has 0 aliphatic heterocycles. The summed E-state index contributed by atoms with van der Waals surface area (Å²) in [6.45, 7) is 0. The molecule has 2 bridgehead atoms. The van der Waals surface area contributed by atoms with E-state index in [4.69, 9.17) is 0 Å². The summed E-state index contributed by atoms with van der Waals surface area (Å²) >= 11 is 0. The van der Waals surface area contributed by atoms with Gasteiger partial charge in [0.05, 0.1) is 0 Å². The van der Waals surface area contributed by atoms with Crippen molar-refractivity contribution in [2.75, 3.05) is 0 Å². The van der Waals surface area contributed by atoms with Crippen LogP contribution in [-0.4, -0.2) is 0 Å². The van der Waals surface area contributed by atoms with Crippen LogP contribution in [0.15, 0.2) is 23.8 Å². The van der Waals surface area contributed by atoms with E-state index in [1.807, 2.05) is 0 Å². The Balaban J connectivity index is 2.12. The smallest absolute Gasteiger partial charge is 0.0166 e. The van der Waals surface area contributed by atoms with Gasteiger partial charge in [-0.3, -0.25) is 0 Å². The van der Waals surface area contributed by atoms with E-state index < -0.39 is 0 Å². The molecule has 0 saturated heterocycles. The van der Waals surface area contributed by atoms with Gasteiger partial charge >= 0.3 is 0 Å². The lowest BCUT2D eigenvalue weighted by atomic mass is 9.96. The summed E-state index contributed by atoms with van der Waals surface area (Å²) in [5.41, 5.74) is 1.73. The number of rotatable bonds is 0. The highest BCUT2D eigenvalue weighted by Gasteiger charge is 2.10. The minimum absolute atomic E-state index is 0.894. The van der Waals surface area contributed by atoms with Crippen LogP contribution < -0.4 is 0 Å². The zero-order valence-electron chi connectivity index (χ0n) is 8.47. The van der Waals surface area contributed by atoms with Crippen molar-refractivity contribution in [2.24, 2.45) is 5.92 Å². The summed E-state index contributed by atoms with van der Waals surface area (Å²) in [4.78, 5) is 0. The molecule has 2 aliphatic rings. The molecule has 0 heteroatoms. The van der Waals surface area contributed by atoms with Crippen molar-refractivity contribution in [1.29, 1.82) is 0 Å². The van der Waals surface area contributed by atoms with E-state index >= 15 is 0 Å². The van der Waals surface area contributed by atoms with Gasteiger partial charge in [-0.1, -0.05) is 30.2 Å². The average molecular weight is 176 g/mol. The normalized spacial score (nSPS) is 29.5. The molecule has 0 radical (unpaired) electrons. The number of hydrogen-bond donors (Lipinski definition) is 0. The number of fused-ring (bicyclic) bond motifs is 4. The van der Waals surface area contributed by atoms with Crippen molar-refractivity contribution < 1.29 is 0 Å². The van der Waals surface area contributed by atoms with Gasteiger partial charge in [0.1, 0.15) is 0 Å². The molecule has 1 saturated carbocycles. The molecule has 0 heterocycles. The van der Waals surface area contributed by atoms with Gasteiger partial charge in [-0.2, -0.15) is 0 Å². The standard InChI is InChI=1S/C13H20/c1-2-7-13-9-4-3-8-12(6-1)10-5-11-13/h1,6-7,12H,2-5,8-11H2. The molecule has 0 aromatic heterocycles. The Kier molecular flexibility index (Phi) is 3.23. The van der Waals surface area contributed by atoms with Crippen molar-refractivity contribution >= 4 is 0 Å². The molecule has 1 atom stereocenters. The van der Waals surface area contributed by atoms with Gasteiger partial charge in [0.2, 0.25) is 0 Å². The van der Waals surface area contributed by atoms with Gasteiger partial charge in [0.15, 0.2) is 0 Å². The van der Waals surface area contributed by atoms with Crippen LogP contribution >= 0.6 is 0 Å². The highest BCUT2D eigenvalue weighted by atomic mass is 14.2. The predicted molar refractivity (Wildman–Crippen MR) is 57.6 cm³/mol. The fraction of sp³-hybridized carbons (Fsp3) is 0.692. The van der Waals surface area contributed by atoms with Gasteiger partial charge in [0, 0.05) is 0 Å². The predicted octanol–water partition coefficient (Wildman–Crippen LogP) is 4.23. The second-order valence-corrected chi connectivity index (χ2v) is 4.42. The Morgan fingerprint density at radius 2 is 1.85 bits per heavy atom. The van der Waals surface area contributed by atoms with Crippen molar-refractivity contribution in [3.63, 3.8) is 0 Å². The maximum Gasteiger partial charge on any atom is -0.0166 e. The van der Waals surface area contributed by atoms with Crippen LogP contribution in [0.3, 0.4) is 0 Å². The van der Waals surface area contributed by atoms with Crippen molar-refractivity contribution in [2.45, 2.75) is 51.4 Å². The zero-order chi connectivity index (χ0) is 8.93. The van der Waals surface area contributed by atoms with Crippen LogP contribution in [0.2, 0.25) is 0 Å². The van der Waals surface area contributed by atoms with E-state index in [0.717, 1.165) is 5.92 Å². The minimum atomic E-state index is 0.894. The Hall–Kier alpha value is -0.520. The fourth-order valence-corrected chi connectivity index (χ4v) is 2.52. The fourth-order valence-electron chi connectivity index (χ4n) is 2.52. The second kappa shape index (κ2) is 4.64. The van der Waals surface area contributed by atoms with Crippen LogP contribution in [0, 0.1) is 5.92 Å². The molecule has 0 amide bonds. The third kappa shape index (κ3) is 2.72. The Morgan fingerprint density at radius 3 is 2.85 bits per heavy atom. The Bertz CT molecular complexity index is 206.